The molecule has 2 aliphatic heterocycles. The van der Waals surface area contributed by atoms with Crippen LogP contribution >= 0.6 is 0 Å². The summed E-state index contributed by atoms with van der Waals surface area (Å²) in [6.45, 7) is 2.89. The summed E-state index contributed by atoms with van der Waals surface area (Å²) in [4.78, 5) is 0. The average Bonchev–Trinajstić information content (AvgIpc) is 3.83. The number of epoxide rings is 2. The fourth-order valence-electron chi connectivity index (χ4n) is 4.63. The topological polar surface area (TPSA) is 43.5 Å². The van der Waals surface area contributed by atoms with Gasteiger partial charge in [0.2, 0.25) is 0 Å². The highest BCUT2D eigenvalue weighted by Crippen LogP contribution is 2.39. The molecule has 0 amide bonds. The van der Waals surface area contributed by atoms with E-state index in [1.165, 1.54) is 22.3 Å². The number of hydrogen-bond donors (Lipinski definition) is 0. The zero-order chi connectivity index (χ0) is 22.7. The first-order valence-electron chi connectivity index (χ1n) is 12.3. The molecular formula is C30H30O4. The van der Waals surface area contributed by atoms with Crippen molar-refractivity contribution < 1.29 is 18.9 Å². The molecule has 0 saturated carbocycles. The molecule has 3 aliphatic rings. The molecular weight excluding hydrogens is 424 g/mol. The van der Waals surface area contributed by atoms with Crippen molar-refractivity contribution >= 4 is 5.57 Å². The second-order valence-corrected chi connectivity index (χ2v) is 9.38. The lowest BCUT2D eigenvalue weighted by atomic mass is 9.82. The van der Waals surface area contributed by atoms with Crippen molar-refractivity contribution in [3.63, 3.8) is 0 Å². The van der Waals surface area contributed by atoms with E-state index in [4.69, 9.17) is 18.9 Å². The van der Waals surface area contributed by atoms with Gasteiger partial charge >= 0.3 is 0 Å². The molecule has 4 heteroatoms. The molecule has 3 unspecified atom stereocenters. The van der Waals surface area contributed by atoms with Gasteiger partial charge in [-0.15, -0.1) is 0 Å². The van der Waals surface area contributed by atoms with Crippen molar-refractivity contribution in [3.8, 4) is 22.6 Å². The summed E-state index contributed by atoms with van der Waals surface area (Å²) < 4.78 is 22.4. The largest absolute Gasteiger partial charge is 0.491 e. The Labute approximate surface area is 201 Å². The van der Waals surface area contributed by atoms with Crippen LogP contribution in [0.3, 0.4) is 0 Å². The predicted molar refractivity (Wildman–Crippen MR) is 133 cm³/mol. The Morgan fingerprint density at radius 3 is 2.18 bits per heavy atom. The van der Waals surface area contributed by atoms with Crippen LogP contribution in [0.4, 0.5) is 0 Å². The van der Waals surface area contributed by atoms with Gasteiger partial charge in [0.15, 0.2) is 0 Å². The van der Waals surface area contributed by atoms with E-state index in [0.29, 0.717) is 19.1 Å². The molecule has 2 fully saturated rings. The highest BCUT2D eigenvalue weighted by Gasteiger charge is 2.25. The molecule has 0 spiro atoms. The third-order valence-corrected chi connectivity index (χ3v) is 6.86. The van der Waals surface area contributed by atoms with Gasteiger partial charge in [0.1, 0.15) is 36.9 Å². The first-order valence-corrected chi connectivity index (χ1v) is 12.3. The van der Waals surface area contributed by atoms with E-state index in [1.807, 2.05) is 0 Å². The van der Waals surface area contributed by atoms with Crippen LogP contribution in [0.5, 0.6) is 11.5 Å². The number of ether oxygens (including phenoxy) is 4. The van der Waals surface area contributed by atoms with Crippen LogP contribution in [-0.4, -0.2) is 38.6 Å². The molecule has 3 aromatic carbocycles. The lowest BCUT2D eigenvalue weighted by Gasteiger charge is -2.23. The first kappa shape index (κ1) is 21.5. The second kappa shape index (κ2) is 9.65. The van der Waals surface area contributed by atoms with Crippen LogP contribution in [0.1, 0.15) is 36.3 Å². The summed E-state index contributed by atoms with van der Waals surface area (Å²) in [6, 6.07) is 25.7. The third kappa shape index (κ3) is 5.19. The smallest absolute Gasteiger partial charge is 0.127 e. The Kier molecular flexibility index (Phi) is 6.09. The number of benzene rings is 3. The van der Waals surface area contributed by atoms with E-state index < -0.39 is 0 Å². The minimum absolute atomic E-state index is 0.245. The number of hydrogen-bond acceptors (Lipinski definition) is 4. The van der Waals surface area contributed by atoms with Crippen LogP contribution < -0.4 is 9.47 Å². The highest BCUT2D eigenvalue weighted by atomic mass is 16.6. The minimum Gasteiger partial charge on any atom is -0.491 e. The van der Waals surface area contributed by atoms with Crippen LogP contribution in [-0.2, 0) is 9.47 Å². The SMILES string of the molecule is C1=C(c2ccc(OCC3CO3)c(-c3ccccc3)c2)CCC(c2ccc(OCC3CO3)cc2)C1. The molecule has 2 saturated heterocycles. The molecule has 174 valence electrons. The van der Waals surface area contributed by atoms with Crippen LogP contribution in [0, 0.1) is 0 Å². The monoisotopic (exact) mass is 454 g/mol. The minimum atomic E-state index is 0.245. The highest BCUT2D eigenvalue weighted by molar-refractivity contribution is 5.77. The van der Waals surface area contributed by atoms with Crippen molar-refractivity contribution in [1.29, 1.82) is 0 Å². The molecule has 3 aromatic rings. The summed E-state index contributed by atoms with van der Waals surface area (Å²) in [5.41, 5.74) is 6.43. The molecule has 3 atom stereocenters. The zero-order valence-electron chi connectivity index (χ0n) is 19.3. The van der Waals surface area contributed by atoms with E-state index in [1.54, 1.807) is 0 Å². The van der Waals surface area contributed by atoms with E-state index in [-0.39, 0.29) is 12.2 Å². The maximum absolute atomic E-state index is 6.11. The van der Waals surface area contributed by atoms with Crippen LogP contribution in [0.25, 0.3) is 16.7 Å². The predicted octanol–water partition coefficient (Wildman–Crippen LogP) is 6.26. The van der Waals surface area contributed by atoms with Crippen molar-refractivity contribution in [2.24, 2.45) is 0 Å². The molecule has 0 N–H and O–H groups in total. The van der Waals surface area contributed by atoms with Crippen molar-refractivity contribution in [1.82, 2.24) is 0 Å². The summed E-state index contributed by atoms with van der Waals surface area (Å²) >= 11 is 0. The normalized spacial score (nSPS) is 23.2. The summed E-state index contributed by atoms with van der Waals surface area (Å²) in [6.07, 6.45) is 6.24. The number of allylic oxidation sites excluding steroid dienone is 2. The van der Waals surface area contributed by atoms with E-state index >= 15 is 0 Å². The second-order valence-electron chi connectivity index (χ2n) is 9.38. The zero-order valence-corrected chi connectivity index (χ0v) is 19.3. The van der Waals surface area contributed by atoms with Gasteiger partial charge in [0, 0.05) is 5.56 Å². The lowest BCUT2D eigenvalue weighted by molar-refractivity contribution is 0.263. The standard InChI is InChI=1S/C30H30O4/c1-2-4-24(5-3-1)29-16-25(12-15-30(29)34-20-28-19-33-28)23-8-6-21(7-9-23)22-10-13-26(14-11-22)31-17-27-18-32-27/h1-5,8,10-16,21,27-28H,6-7,9,17-20H2. The van der Waals surface area contributed by atoms with E-state index in [0.717, 1.165) is 49.5 Å². The number of rotatable bonds is 9. The van der Waals surface area contributed by atoms with Gasteiger partial charge in [-0.1, -0.05) is 54.6 Å². The Morgan fingerprint density at radius 1 is 0.765 bits per heavy atom. The Bertz CT molecular complexity index is 1140. The van der Waals surface area contributed by atoms with Gasteiger partial charge in [-0.25, -0.2) is 0 Å². The molecule has 2 heterocycles. The Balaban J connectivity index is 1.16. The molecule has 4 nitrogen and oxygen atoms in total. The Morgan fingerprint density at radius 2 is 1.50 bits per heavy atom. The fourth-order valence-corrected chi connectivity index (χ4v) is 4.63. The van der Waals surface area contributed by atoms with Gasteiger partial charge in [0.25, 0.3) is 0 Å². The fraction of sp³-hybridized carbons (Fsp3) is 0.333. The Hall–Kier alpha value is -3.08. The van der Waals surface area contributed by atoms with E-state index in [2.05, 4.69) is 78.9 Å². The maximum atomic E-state index is 6.11. The molecule has 0 bridgehead atoms. The molecule has 0 radical (unpaired) electrons. The molecule has 1 aliphatic carbocycles. The van der Waals surface area contributed by atoms with Gasteiger partial charge in [0.05, 0.1) is 13.2 Å². The average molecular weight is 455 g/mol. The van der Waals surface area contributed by atoms with E-state index in [9.17, 15) is 0 Å². The molecule has 34 heavy (non-hydrogen) atoms. The van der Waals surface area contributed by atoms with Gasteiger partial charge < -0.3 is 18.9 Å². The molecule has 6 rings (SSSR count). The summed E-state index contributed by atoms with van der Waals surface area (Å²) in [7, 11) is 0. The van der Waals surface area contributed by atoms with Crippen molar-refractivity contribution in [2.75, 3.05) is 26.4 Å². The van der Waals surface area contributed by atoms with Gasteiger partial charge in [-0.05, 0) is 71.7 Å². The first-order chi connectivity index (χ1) is 16.8. The van der Waals surface area contributed by atoms with Crippen molar-refractivity contribution in [3.05, 3.63) is 90.0 Å². The lowest BCUT2D eigenvalue weighted by Crippen LogP contribution is -2.07. The van der Waals surface area contributed by atoms with Gasteiger partial charge in [-0.3, -0.25) is 0 Å². The summed E-state index contributed by atoms with van der Waals surface area (Å²) in [5.74, 6) is 2.41. The van der Waals surface area contributed by atoms with Crippen LogP contribution in [0.2, 0.25) is 0 Å². The summed E-state index contributed by atoms with van der Waals surface area (Å²) in [5, 5.41) is 0. The quantitative estimate of drug-likeness (QED) is 0.358. The molecule has 0 aromatic heterocycles. The van der Waals surface area contributed by atoms with Crippen LogP contribution in [0.15, 0.2) is 78.9 Å². The third-order valence-electron chi connectivity index (χ3n) is 6.86. The maximum Gasteiger partial charge on any atom is 0.127 e. The van der Waals surface area contributed by atoms with Crippen molar-refractivity contribution in [2.45, 2.75) is 37.4 Å². The van der Waals surface area contributed by atoms with Gasteiger partial charge in [-0.2, -0.15) is 0 Å².